The highest BCUT2D eigenvalue weighted by Crippen LogP contribution is 2.67. The van der Waals surface area contributed by atoms with Crippen molar-refractivity contribution in [1.82, 2.24) is 0 Å². The predicted molar refractivity (Wildman–Crippen MR) is 125 cm³/mol. The molecule has 3 aliphatic rings. The third-order valence-electron chi connectivity index (χ3n) is 8.64. The number of fused-ring (bicyclic) bond motifs is 1. The Bertz CT molecular complexity index is 1090. The zero-order chi connectivity index (χ0) is 25.9. The van der Waals surface area contributed by atoms with Gasteiger partial charge < -0.3 is 32.9 Å². The van der Waals surface area contributed by atoms with Crippen LogP contribution in [0.4, 0.5) is 0 Å². The van der Waals surface area contributed by atoms with Crippen molar-refractivity contribution in [2.75, 3.05) is 0 Å². The van der Waals surface area contributed by atoms with Crippen LogP contribution in [0.5, 0.6) is 0 Å². The smallest absolute Gasteiger partial charge is 0.374 e. The minimum atomic E-state index is -1.05. The molecule has 196 valence electrons. The van der Waals surface area contributed by atoms with Crippen LogP contribution in [0.25, 0.3) is 0 Å². The number of hydrogen-bond donors (Lipinski definition) is 1. The van der Waals surface area contributed by atoms with Gasteiger partial charge in [0.05, 0.1) is 29.6 Å². The second-order valence-corrected chi connectivity index (χ2v) is 11.0. The van der Waals surface area contributed by atoms with E-state index in [-0.39, 0.29) is 23.4 Å². The van der Waals surface area contributed by atoms with Crippen molar-refractivity contribution >= 4 is 11.9 Å². The molecule has 9 nitrogen and oxygen atoms in total. The lowest BCUT2D eigenvalue weighted by molar-refractivity contribution is -0.303. The van der Waals surface area contributed by atoms with E-state index in [1.807, 2.05) is 20.8 Å². The molecule has 2 bridgehead atoms. The van der Waals surface area contributed by atoms with Crippen molar-refractivity contribution in [2.24, 2.45) is 17.3 Å². The van der Waals surface area contributed by atoms with Crippen LogP contribution in [-0.2, 0) is 18.9 Å². The summed E-state index contributed by atoms with van der Waals surface area (Å²) in [6.07, 6.45) is 1.68. The summed E-state index contributed by atoms with van der Waals surface area (Å²) < 4.78 is 35.9. The number of aliphatic hydroxyl groups excluding tert-OH is 1. The van der Waals surface area contributed by atoms with Crippen LogP contribution in [-0.4, -0.2) is 52.8 Å². The zero-order valence-corrected chi connectivity index (χ0v) is 21.3. The van der Waals surface area contributed by atoms with Crippen molar-refractivity contribution in [1.29, 1.82) is 0 Å². The molecule has 5 rings (SSSR count). The summed E-state index contributed by atoms with van der Waals surface area (Å²) in [5.74, 6) is -1.29. The molecule has 1 aliphatic heterocycles. The number of ether oxygens (including phenoxy) is 4. The Morgan fingerprint density at radius 1 is 1.00 bits per heavy atom. The van der Waals surface area contributed by atoms with Crippen molar-refractivity contribution in [3.05, 3.63) is 48.3 Å². The second-order valence-electron chi connectivity index (χ2n) is 11.0. The number of rotatable bonds is 6. The van der Waals surface area contributed by atoms with E-state index >= 15 is 0 Å². The Hall–Kier alpha value is -2.62. The Morgan fingerprint density at radius 3 is 2.17 bits per heavy atom. The molecule has 2 aromatic heterocycles. The maximum atomic E-state index is 13.1. The summed E-state index contributed by atoms with van der Waals surface area (Å²) in [5.41, 5.74) is -2.70. The van der Waals surface area contributed by atoms with Gasteiger partial charge in [0.15, 0.2) is 6.29 Å². The molecule has 36 heavy (non-hydrogen) atoms. The molecule has 1 unspecified atom stereocenters. The molecule has 1 saturated heterocycles. The predicted octanol–water partition coefficient (Wildman–Crippen LogP) is 4.35. The topological polar surface area (TPSA) is 118 Å². The molecule has 9 heteroatoms. The van der Waals surface area contributed by atoms with Gasteiger partial charge in [-0.25, -0.2) is 9.59 Å². The number of aliphatic hydroxyl groups is 1. The van der Waals surface area contributed by atoms with E-state index in [0.717, 1.165) is 0 Å². The van der Waals surface area contributed by atoms with Gasteiger partial charge in [0.2, 0.25) is 11.5 Å². The van der Waals surface area contributed by atoms with Crippen molar-refractivity contribution in [3.8, 4) is 0 Å². The van der Waals surface area contributed by atoms with Crippen molar-refractivity contribution in [3.63, 3.8) is 0 Å². The molecule has 2 aromatic rings. The quantitative estimate of drug-likeness (QED) is 0.454. The first kappa shape index (κ1) is 25.0. The van der Waals surface area contributed by atoms with Crippen molar-refractivity contribution < 1.29 is 42.5 Å². The van der Waals surface area contributed by atoms with Gasteiger partial charge in [-0.2, -0.15) is 0 Å². The molecule has 1 spiro atoms. The fraction of sp³-hybridized carbons (Fsp3) is 0.630. The molecular weight excluding hydrogens is 468 g/mol. The fourth-order valence-corrected chi connectivity index (χ4v) is 7.01. The first-order chi connectivity index (χ1) is 17.0. The highest BCUT2D eigenvalue weighted by Gasteiger charge is 2.78. The van der Waals surface area contributed by atoms with Crippen LogP contribution in [0, 0.1) is 17.3 Å². The molecule has 8 atom stereocenters. The van der Waals surface area contributed by atoms with Gasteiger partial charge in [0, 0.05) is 5.92 Å². The van der Waals surface area contributed by atoms with E-state index in [1.54, 1.807) is 31.2 Å². The van der Waals surface area contributed by atoms with Gasteiger partial charge in [-0.3, -0.25) is 0 Å². The standard InChI is InChI=1S/C27H34O9/c1-15-10-11-20(33-16(2)28)26(5)21(34-23(29)18-8-6-12-31-18)14-17-22(27(15,26)36-25(17,3)4)35-24(30)19-9-7-13-32-19/h6-9,12-13,15-17,20-22,28H,10-11,14H2,1-5H3/t15-,16?,17-,20+,21+,22-,26+,27-/m1/s1. The molecule has 3 fully saturated rings. The van der Waals surface area contributed by atoms with Crippen LogP contribution >= 0.6 is 0 Å². The van der Waals surface area contributed by atoms with E-state index in [9.17, 15) is 14.7 Å². The van der Waals surface area contributed by atoms with E-state index in [2.05, 4.69) is 6.92 Å². The normalized spacial score (nSPS) is 37.7. The summed E-state index contributed by atoms with van der Waals surface area (Å²) in [6, 6.07) is 6.38. The van der Waals surface area contributed by atoms with Gasteiger partial charge in [-0.1, -0.05) is 13.8 Å². The zero-order valence-electron chi connectivity index (χ0n) is 21.3. The average molecular weight is 503 g/mol. The van der Waals surface area contributed by atoms with Gasteiger partial charge in [0.1, 0.15) is 17.8 Å². The van der Waals surface area contributed by atoms with Crippen LogP contribution in [0.3, 0.4) is 0 Å². The number of carbonyl (C=O) groups is 2. The van der Waals surface area contributed by atoms with Gasteiger partial charge in [-0.15, -0.1) is 0 Å². The van der Waals surface area contributed by atoms with Crippen LogP contribution < -0.4 is 0 Å². The molecule has 1 N–H and O–H groups in total. The SMILES string of the molecule is CC(O)O[C@H]1CC[C@@H](C)[C@]23OC(C)(C)[C@H](C[C@H](OC(=O)c4ccco4)[C@]12C)[C@H]3OC(=O)c1ccco1. The lowest BCUT2D eigenvalue weighted by Gasteiger charge is -2.62. The molecule has 2 saturated carbocycles. The number of esters is 2. The highest BCUT2D eigenvalue weighted by molar-refractivity contribution is 5.87. The van der Waals surface area contributed by atoms with Crippen LogP contribution in [0.15, 0.2) is 45.6 Å². The molecule has 0 radical (unpaired) electrons. The monoisotopic (exact) mass is 502 g/mol. The van der Waals surface area contributed by atoms with E-state index in [1.165, 1.54) is 12.5 Å². The summed E-state index contributed by atoms with van der Waals surface area (Å²) in [6.45, 7) is 9.53. The lowest BCUT2D eigenvalue weighted by Crippen LogP contribution is -2.73. The Labute approximate surface area is 210 Å². The summed E-state index contributed by atoms with van der Waals surface area (Å²) in [7, 11) is 0. The highest BCUT2D eigenvalue weighted by atomic mass is 16.6. The third-order valence-corrected chi connectivity index (χ3v) is 8.64. The van der Waals surface area contributed by atoms with Gasteiger partial charge >= 0.3 is 11.9 Å². The van der Waals surface area contributed by atoms with E-state index in [0.29, 0.717) is 19.3 Å². The minimum absolute atomic E-state index is 0.0693. The fourth-order valence-electron chi connectivity index (χ4n) is 7.01. The first-order valence-electron chi connectivity index (χ1n) is 12.5. The number of furan rings is 2. The Morgan fingerprint density at radius 2 is 1.61 bits per heavy atom. The summed E-state index contributed by atoms with van der Waals surface area (Å²) in [4.78, 5) is 26.2. The van der Waals surface area contributed by atoms with E-state index in [4.69, 9.17) is 27.8 Å². The average Bonchev–Trinajstić information content (AvgIpc) is 3.55. The lowest BCUT2D eigenvalue weighted by atomic mass is 9.49. The Balaban J connectivity index is 1.61. The molecular formula is C27H34O9. The Kier molecular flexibility index (Phi) is 6.08. The largest absolute Gasteiger partial charge is 0.457 e. The van der Waals surface area contributed by atoms with Gasteiger partial charge in [-0.05, 0) is 70.2 Å². The van der Waals surface area contributed by atoms with Crippen molar-refractivity contribution in [2.45, 2.75) is 89.7 Å². The number of hydrogen-bond acceptors (Lipinski definition) is 9. The minimum Gasteiger partial charge on any atom is -0.457 e. The number of carbonyl (C=O) groups excluding carboxylic acids is 2. The van der Waals surface area contributed by atoms with Crippen LogP contribution in [0.2, 0.25) is 0 Å². The molecule has 0 aromatic carbocycles. The maximum absolute atomic E-state index is 13.1. The van der Waals surface area contributed by atoms with Crippen LogP contribution in [0.1, 0.15) is 75.0 Å². The molecule has 3 heterocycles. The van der Waals surface area contributed by atoms with E-state index < -0.39 is 53.2 Å². The molecule has 0 amide bonds. The summed E-state index contributed by atoms with van der Waals surface area (Å²) in [5, 5.41) is 10.2. The van der Waals surface area contributed by atoms with Gasteiger partial charge in [0.25, 0.3) is 0 Å². The molecule has 2 aliphatic carbocycles. The third kappa shape index (κ3) is 3.63. The first-order valence-corrected chi connectivity index (χ1v) is 12.5. The maximum Gasteiger partial charge on any atom is 0.374 e. The summed E-state index contributed by atoms with van der Waals surface area (Å²) >= 11 is 0. The second kappa shape index (κ2) is 8.75.